The lowest BCUT2D eigenvalue weighted by Gasteiger charge is -2.10. The number of nitrogens with zero attached hydrogens (tertiary/aromatic N) is 1. The van der Waals surface area contributed by atoms with Gasteiger partial charge in [0.25, 0.3) is 0 Å². The number of aromatic nitrogens is 2. The molecule has 0 saturated heterocycles. The van der Waals surface area contributed by atoms with Crippen molar-refractivity contribution in [1.82, 2.24) is 9.97 Å². The first-order chi connectivity index (χ1) is 6.63. The molecule has 1 heterocycles. The minimum Gasteiger partial charge on any atom is -0.481 e. The maximum atomic E-state index is 10.6. The van der Waals surface area contributed by atoms with Gasteiger partial charge < -0.3 is 10.1 Å². The lowest BCUT2D eigenvalue weighted by molar-refractivity contribution is -0.137. The van der Waals surface area contributed by atoms with Gasteiger partial charge in [0, 0.05) is 17.8 Å². The minimum atomic E-state index is -0.754. The predicted octanol–water partition coefficient (Wildman–Crippen LogP) is 2.08. The molecule has 0 fully saturated rings. The van der Waals surface area contributed by atoms with Crippen LogP contribution in [0.4, 0.5) is 0 Å². The van der Waals surface area contributed by atoms with Crippen LogP contribution in [0.2, 0.25) is 0 Å². The molecule has 0 aliphatic carbocycles. The van der Waals surface area contributed by atoms with Gasteiger partial charge in [0.1, 0.15) is 5.82 Å². The van der Waals surface area contributed by atoms with E-state index in [1.807, 2.05) is 6.92 Å². The predicted molar refractivity (Wildman–Crippen MR) is 53.2 cm³/mol. The SMILES string of the molecule is CCCC(CC(=O)O)c1cnc(C)[nH]1. The Morgan fingerprint density at radius 3 is 2.86 bits per heavy atom. The standard InChI is InChI=1S/C10H16N2O2/c1-3-4-8(5-10(13)14)9-6-11-7(2)12-9/h6,8H,3-5H2,1-2H3,(H,11,12)(H,13,14). The fraction of sp³-hybridized carbons (Fsp3) is 0.600. The lowest BCUT2D eigenvalue weighted by Crippen LogP contribution is -2.06. The normalized spacial score (nSPS) is 12.7. The van der Waals surface area contributed by atoms with Crippen LogP contribution < -0.4 is 0 Å². The number of carbonyl (C=O) groups is 1. The van der Waals surface area contributed by atoms with Crippen molar-refractivity contribution in [3.8, 4) is 0 Å². The molecule has 0 aliphatic rings. The number of aryl methyl sites for hydroxylation is 1. The van der Waals surface area contributed by atoms with E-state index in [-0.39, 0.29) is 12.3 Å². The Bertz CT molecular complexity index is 307. The minimum absolute atomic E-state index is 0.0682. The molecular formula is C10H16N2O2. The van der Waals surface area contributed by atoms with Crippen LogP contribution in [-0.2, 0) is 4.79 Å². The van der Waals surface area contributed by atoms with Gasteiger partial charge >= 0.3 is 5.97 Å². The van der Waals surface area contributed by atoms with Crippen LogP contribution in [-0.4, -0.2) is 21.0 Å². The third-order valence-electron chi connectivity index (χ3n) is 2.22. The van der Waals surface area contributed by atoms with Crippen molar-refractivity contribution in [1.29, 1.82) is 0 Å². The summed E-state index contributed by atoms with van der Waals surface area (Å²) in [5.74, 6) is 0.154. The van der Waals surface area contributed by atoms with E-state index in [9.17, 15) is 4.79 Å². The van der Waals surface area contributed by atoms with Crippen LogP contribution in [0.15, 0.2) is 6.20 Å². The zero-order valence-corrected chi connectivity index (χ0v) is 8.58. The number of aliphatic carboxylic acids is 1. The number of carboxylic acid groups (broad SMARTS) is 1. The molecule has 14 heavy (non-hydrogen) atoms. The van der Waals surface area contributed by atoms with Crippen molar-refractivity contribution in [2.45, 2.75) is 39.0 Å². The number of H-pyrrole nitrogens is 1. The summed E-state index contributed by atoms with van der Waals surface area (Å²) in [6, 6.07) is 0. The molecule has 1 unspecified atom stereocenters. The van der Waals surface area contributed by atoms with Gasteiger partial charge in [-0.2, -0.15) is 0 Å². The number of aromatic amines is 1. The molecule has 0 spiro atoms. The number of hydrogen-bond acceptors (Lipinski definition) is 2. The summed E-state index contributed by atoms with van der Waals surface area (Å²) in [4.78, 5) is 17.8. The first-order valence-electron chi connectivity index (χ1n) is 4.86. The van der Waals surface area contributed by atoms with Crippen LogP contribution in [0.25, 0.3) is 0 Å². The molecule has 0 bridgehead atoms. The van der Waals surface area contributed by atoms with E-state index in [1.165, 1.54) is 0 Å². The topological polar surface area (TPSA) is 66.0 Å². The van der Waals surface area contributed by atoms with Gasteiger partial charge in [0.2, 0.25) is 0 Å². The molecule has 4 heteroatoms. The summed E-state index contributed by atoms with van der Waals surface area (Å²) >= 11 is 0. The van der Waals surface area contributed by atoms with E-state index in [1.54, 1.807) is 6.20 Å². The third-order valence-corrected chi connectivity index (χ3v) is 2.22. The van der Waals surface area contributed by atoms with E-state index < -0.39 is 5.97 Å². The number of rotatable bonds is 5. The summed E-state index contributed by atoms with van der Waals surface area (Å²) in [6.45, 7) is 3.92. The second-order valence-electron chi connectivity index (χ2n) is 3.51. The zero-order valence-electron chi connectivity index (χ0n) is 8.58. The maximum Gasteiger partial charge on any atom is 0.304 e. The highest BCUT2D eigenvalue weighted by Crippen LogP contribution is 2.23. The molecule has 4 nitrogen and oxygen atoms in total. The van der Waals surface area contributed by atoms with Gasteiger partial charge in [-0.3, -0.25) is 4.79 Å². The highest BCUT2D eigenvalue weighted by molar-refractivity contribution is 5.67. The Morgan fingerprint density at radius 1 is 1.71 bits per heavy atom. The second kappa shape index (κ2) is 4.79. The summed E-state index contributed by atoms with van der Waals surface area (Å²) in [5.41, 5.74) is 0.937. The van der Waals surface area contributed by atoms with Gasteiger partial charge in [-0.1, -0.05) is 13.3 Å². The summed E-state index contributed by atoms with van der Waals surface area (Å²) in [6.07, 6.45) is 3.78. The zero-order chi connectivity index (χ0) is 10.6. The fourth-order valence-electron chi connectivity index (χ4n) is 1.57. The van der Waals surface area contributed by atoms with Crippen molar-refractivity contribution in [3.05, 3.63) is 17.7 Å². The van der Waals surface area contributed by atoms with Crippen LogP contribution in [0.3, 0.4) is 0 Å². The van der Waals surface area contributed by atoms with Crippen LogP contribution >= 0.6 is 0 Å². The molecule has 1 aromatic heterocycles. The van der Waals surface area contributed by atoms with Crippen LogP contribution in [0.5, 0.6) is 0 Å². The molecule has 0 aromatic carbocycles. The Labute approximate surface area is 83.4 Å². The van der Waals surface area contributed by atoms with Crippen molar-refractivity contribution >= 4 is 5.97 Å². The Morgan fingerprint density at radius 2 is 2.43 bits per heavy atom. The molecule has 2 N–H and O–H groups in total. The monoisotopic (exact) mass is 196 g/mol. The van der Waals surface area contributed by atoms with Gasteiger partial charge in [0.05, 0.1) is 6.42 Å². The second-order valence-corrected chi connectivity index (χ2v) is 3.51. The lowest BCUT2D eigenvalue weighted by atomic mass is 9.97. The molecule has 1 aromatic rings. The van der Waals surface area contributed by atoms with E-state index in [2.05, 4.69) is 16.9 Å². The van der Waals surface area contributed by atoms with Crippen molar-refractivity contribution in [2.24, 2.45) is 0 Å². The number of imidazole rings is 1. The number of nitrogens with one attached hydrogen (secondary N) is 1. The quantitative estimate of drug-likeness (QED) is 0.757. The summed E-state index contributed by atoms with van der Waals surface area (Å²) < 4.78 is 0. The molecule has 0 aliphatic heterocycles. The first-order valence-corrected chi connectivity index (χ1v) is 4.86. The van der Waals surface area contributed by atoms with Gasteiger partial charge in [0.15, 0.2) is 0 Å². The highest BCUT2D eigenvalue weighted by Gasteiger charge is 2.16. The molecule has 78 valence electrons. The van der Waals surface area contributed by atoms with E-state index >= 15 is 0 Å². The summed E-state index contributed by atoms with van der Waals surface area (Å²) in [7, 11) is 0. The molecule has 0 amide bonds. The van der Waals surface area contributed by atoms with Crippen molar-refractivity contribution < 1.29 is 9.90 Å². The van der Waals surface area contributed by atoms with E-state index in [4.69, 9.17) is 5.11 Å². The Kier molecular flexibility index (Phi) is 3.68. The van der Waals surface area contributed by atoms with E-state index in [0.29, 0.717) is 0 Å². The molecule has 1 atom stereocenters. The van der Waals surface area contributed by atoms with Gasteiger partial charge in [-0.25, -0.2) is 4.98 Å². The Balaban J connectivity index is 2.71. The van der Waals surface area contributed by atoms with Crippen molar-refractivity contribution in [2.75, 3.05) is 0 Å². The van der Waals surface area contributed by atoms with Gasteiger partial charge in [-0.15, -0.1) is 0 Å². The maximum absolute atomic E-state index is 10.6. The average molecular weight is 196 g/mol. The molecule has 0 radical (unpaired) electrons. The number of hydrogen-bond donors (Lipinski definition) is 2. The van der Waals surface area contributed by atoms with Gasteiger partial charge in [-0.05, 0) is 13.3 Å². The molecule has 1 rings (SSSR count). The number of carboxylic acids is 1. The van der Waals surface area contributed by atoms with Crippen LogP contribution in [0, 0.1) is 6.92 Å². The van der Waals surface area contributed by atoms with Crippen LogP contribution in [0.1, 0.15) is 43.6 Å². The third kappa shape index (κ3) is 2.87. The molecular weight excluding hydrogens is 180 g/mol. The molecule has 0 saturated carbocycles. The largest absolute Gasteiger partial charge is 0.481 e. The van der Waals surface area contributed by atoms with Crippen molar-refractivity contribution in [3.63, 3.8) is 0 Å². The Hall–Kier alpha value is -1.32. The average Bonchev–Trinajstić information content (AvgIpc) is 2.50. The first kappa shape index (κ1) is 10.8. The smallest absolute Gasteiger partial charge is 0.304 e. The highest BCUT2D eigenvalue weighted by atomic mass is 16.4. The summed E-state index contributed by atoms with van der Waals surface area (Å²) in [5, 5.41) is 8.74. The fourth-order valence-corrected chi connectivity index (χ4v) is 1.57. The van der Waals surface area contributed by atoms with E-state index in [0.717, 1.165) is 24.4 Å².